The molecular formula is C22H20F3N7O. The fourth-order valence-electron chi connectivity index (χ4n) is 4.18. The van der Waals surface area contributed by atoms with Crippen LogP contribution in [0.25, 0.3) is 22.1 Å². The zero-order valence-corrected chi connectivity index (χ0v) is 17.4. The summed E-state index contributed by atoms with van der Waals surface area (Å²) in [6.45, 7) is 0.696. The summed E-state index contributed by atoms with van der Waals surface area (Å²) < 4.78 is 41.8. The molecule has 4 N–H and O–H groups in total. The van der Waals surface area contributed by atoms with Gasteiger partial charge in [-0.15, -0.1) is 0 Å². The van der Waals surface area contributed by atoms with Crippen molar-refractivity contribution in [1.29, 1.82) is 0 Å². The third-order valence-corrected chi connectivity index (χ3v) is 5.68. The summed E-state index contributed by atoms with van der Waals surface area (Å²) in [5.41, 5.74) is 6.76. The fraction of sp³-hybridized carbons (Fsp3) is 0.273. The number of rotatable bonds is 3. The highest BCUT2D eigenvalue weighted by molar-refractivity contribution is 6.11. The highest BCUT2D eigenvalue weighted by atomic mass is 19.4. The molecule has 1 fully saturated rings. The third kappa shape index (κ3) is 3.95. The van der Waals surface area contributed by atoms with E-state index in [2.05, 4.69) is 25.3 Å². The molecule has 8 nitrogen and oxygen atoms in total. The lowest BCUT2D eigenvalue weighted by Gasteiger charge is -2.34. The maximum absolute atomic E-state index is 13.9. The van der Waals surface area contributed by atoms with Crippen LogP contribution in [-0.2, 0) is 6.18 Å². The van der Waals surface area contributed by atoms with Crippen LogP contribution in [0, 0.1) is 0 Å². The Morgan fingerprint density at radius 3 is 2.73 bits per heavy atom. The summed E-state index contributed by atoms with van der Waals surface area (Å²) >= 11 is 0. The number of benzene rings is 1. The lowest BCUT2D eigenvalue weighted by atomic mass is 10.0. The number of pyridine rings is 1. The standard InChI is InChI=1S/C22H20F3N7O/c23-22(24,25)13-8-28-20-18(19(13)32-7-3-4-12(26)11-32)16(9-29-20)31-21(33)17-10-27-14-5-1-2-6-15(14)30-17/h1-2,5-6,8-10,12H,3-4,7,11,26H2,(H,28,29)(H,31,33)/t12-/m1/s1. The maximum Gasteiger partial charge on any atom is 0.419 e. The second-order valence-electron chi connectivity index (χ2n) is 7.99. The van der Waals surface area contributed by atoms with Gasteiger partial charge in [0.2, 0.25) is 0 Å². The smallest absolute Gasteiger partial charge is 0.369 e. The number of carbonyl (C=O) groups is 1. The summed E-state index contributed by atoms with van der Waals surface area (Å²) in [6, 6.07) is 6.83. The van der Waals surface area contributed by atoms with Crippen LogP contribution in [0.3, 0.4) is 0 Å². The molecule has 0 bridgehead atoms. The number of hydrogen-bond acceptors (Lipinski definition) is 6. The molecule has 3 aromatic heterocycles. The minimum atomic E-state index is -4.62. The van der Waals surface area contributed by atoms with Crippen LogP contribution in [-0.4, -0.2) is 45.0 Å². The number of nitrogens with two attached hydrogens (primary N) is 1. The number of piperidine rings is 1. The summed E-state index contributed by atoms with van der Waals surface area (Å²) in [5, 5.41) is 2.86. The summed E-state index contributed by atoms with van der Waals surface area (Å²) in [4.78, 5) is 29.9. The Hall–Kier alpha value is -3.73. The topological polar surface area (TPSA) is 113 Å². The molecular weight excluding hydrogens is 435 g/mol. The first-order valence-electron chi connectivity index (χ1n) is 10.4. The summed E-state index contributed by atoms with van der Waals surface area (Å²) in [6.07, 6.45) is 0.355. The SMILES string of the molecule is N[C@@H]1CCCN(c2c(C(F)(F)F)cnc3[nH]cc(NC(=O)c4cnc5ccccc5n4)c23)C1. The number of anilines is 2. The summed E-state index contributed by atoms with van der Waals surface area (Å²) in [5.74, 6) is -0.590. The fourth-order valence-corrected chi connectivity index (χ4v) is 4.18. The van der Waals surface area contributed by atoms with Crippen molar-refractivity contribution in [3.05, 3.63) is 54.1 Å². The van der Waals surface area contributed by atoms with Crippen LogP contribution in [0.4, 0.5) is 24.5 Å². The Kier molecular flexibility index (Phi) is 5.12. The molecule has 4 aromatic rings. The van der Waals surface area contributed by atoms with E-state index in [0.717, 1.165) is 12.6 Å². The van der Waals surface area contributed by atoms with Crippen molar-refractivity contribution in [3.8, 4) is 0 Å². The number of nitrogens with one attached hydrogen (secondary N) is 2. The van der Waals surface area contributed by atoms with Gasteiger partial charge in [-0.1, -0.05) is 12.1 Å². The normalized spacial score (nSPS) is 17.0. The number of carbonyl (C=O) groups excluding carboxylic acids is 1. The molecule has 4 heterocycles. The predicted molar refractivity (Wildman–Crippen MR) is 118 cm³/mol. The number of aromatic amines is 1. The Morgan fingerprint density at radius 1 is 1.18 bits per heavy atom. The molecule has 1 saturated heterocycles. The molecule has 1 aromatic carbocycles. The zero-order valence-electron chi connectivity index (χ0n) is 17.4. The number of fused-ring (bicyclic) bond motifs is 2. The van der Waals surface area contributed by atoms with E-state index in [4.69, 9.17) is 5.73 Å². The van der Waals surface area contributed by atoms with E-state index in [1.165, 1.54) is 12.4 Å². The van der Waals surface area contributed by atoms with Crippen LogP contribution >= 0.6 is 0 Å². The average molecular weight is 455 g/mol. The third-order valence-electron chi connectivity index (χ3n) is 5.68. The van der Waals surface area contributed by atoms with Gasteiger partial charge >= 0.3 is 6.18 Å². The van der Waals surface area contributed by atoms with E-state index in [9.17, 15) is 18.0 Å². The van der Waals surface area contributed by atoms with Crippen LogP contribution < -0.4 is 16.0 Å². The van der Waals surface area contributed by atoms with E-state index in [1.54, 1.807) is 23.1 Å². The lowest BCUT2D eigenvalue weighted by molar-refractivity contribution is -0.137. The van der Waals surface area contributed by atoms with Crippen molar-refractivity contribution in [1.82, 2.24) is 19.9 Å². The number of H-pyrrole nitrogens is 1. The van der Waals surface area contributed by atoms with E-state index >= 15 is 0 Å². The molecule has 0 unspecified atom stereocenters. The molecule has 1 aliphatic rings. The number of hydrogen-bond donors (Lipinski definition) is 3. The molecule has 1 aliphatic heterocycles. The van der Waals surface area contributed by atoms with E-state index in [0.29, 0.717) is 24.0 Å². The molecule has 0 spiro atoms. The molecule has 0 saturated carbocycles. The van der Waals surface area contributed by atoms with Gasteiger partial charge in [-0.2, -0.15) is 13.2 Å². The number of alkyl halides is 3. The number of halogens is 3. The van der Waals surface area contributed by atoms with E-state index < -0.39 is 17.6 Å². The maximum atomic E-state index is 13.9. The molecule has 33 heavy (non-hydrogen) atoms. The lowest BCUT2D eigenvalue weighted by Crippen LogP contribution is -2.43. The quantitative estimate of drug-likeness (QED) is 0.434. The van der Waals surface area contributed by atoms with Gasteiger partial charge in [0, 0.05) is 31.5 Å². The van der Waals surface area contributed by atoms with Gasteiger partial charge in [-0.25, -0.2) is 9.97 Å². The van der Waals surface area contributed by atoms with Gasteiger partial charge in [0.25, 0.3) is 5.91 Å². The van der Waals surface area contributed by atoms with Crippen LogP contribution in [0.2, 0.25) is 0 Å². The second-order valence-corrected chi connectivity index (χ2v) is 7.99. The largest absolute Gasteiger partial charge is 0.419 e. The van der Waals surface area contributed by atoms with E-state index in [1.807, 2.05) is 6.07 Å². The van der Waals surface area contributed by atoms with Gasteiger partial charge in [-0.05, 0) is 25.0 Å². The van der Waals surface area contributed by atoms with Crippen molar-refractivity contribution in [2.45, 2.75) is 25.1 Å². The first kappa shape index (κ1) is 21.1. The molecule has 5 rings (SSSR count). The van der Waals surface area contributed by atoms with Crippen molar-refractivity contribution in [3.63, 3.8) is 0 Å². The van der Waals surface area contributed by atoms with Crippen molar-refractivity contribution >= 4 is 39.3 Å². The highest BCUT2D eigenvalue weighted by Gasteiger charge is 2.38. The van der Waals surface area contributed by atoms with Gasteiger partial charge < -0.3 is 20.9 Å². The number of para-hydroxylation sites is 2. The monoisotopic (exact) mass is 455 g/mol. The molecule has 0 radical (unpaired) electrons. The van der Waals surface area contributed by atoms with Crippen LogP contribution in [0.15, 0.2) is 42.9 Å². The van der Waals surface area contributed by atoms with Crippen molar-refractivity contribution < 1.29 is 18.0 Å². The predicted octanol–water partition coefficient (Wildman–Crippen LogP) is 3.70. The Balaban J connectivity index is 1.58. The molecule has 11 heteroatoms. The molecule has 1 atom stereocenters. The Bertz CT molecular complexity index is 1350. The van der Waals surface area contributed by atoms with Gasteiger partial charge in [0.05, 0.1) is 39.6 Å². The van der Waals surface area contributed by atoms with Crippen molar-refractivity contribution in [2.24, 2.45) is 5.73 Å². The minimum absolute atomic E-state index is 0.0382. The minimum Gasteiger partial charge on any atom is -0.369 e. The first-order valence-corrected chi connectivity index (χ1v) is 10.4. The molecule has 0 aliphatic carbocycles. The highest BCUT2D eigenvalue weighted by Crippen LogP contribution is 2.43. The van der Waals surface area contributed by atoms with Crippen molar-refractivity contribution in [2.75, 3.05) is 23.3 Å². The second kappa shape index (κ2) is 8.00. The van der Waals surface area contributed by atoms with Crippen LogP contribution in [0.5, 0.6) is 0 Å². The number of amides is 1. The number of nitrogens with zero attached hydrogens (tertiary/aromatic N) is 4. The number of aromatic nitrogens is 4. The molecule has 1 amide bonds. The van der Waals surface area contributed by atoms with Crippen LogP contribution in [0.1, 0.15) is 28.9 Å². The Labute approximate surface area is 186 Å². The Morgan fingerprint density at radius 2 is 1.97 bits per heavy atom. The average Bonchev–Trinajstić information content (AvgIpc) is 3.20. The van der Waals surface area contributed by atoms with Gasteiger partial charge in [0.1, 0.15) is 11.3 Å². The zero-order chi connectivity index (χ0) is 23.2. The first-order chi connectivity index (χ1) is 15.8. The van der Waals surface area contributed by atoms with Gasteiger partial charge in [-0.3, -0.25) is 9.78 Å². The van der Waals surface area contributed by atoms with Gasteiger partial charge in [0.15, 0.2) is 0 Å². The van der Waals surface area contributed by atoms with E-state index in [-0.39, 0.29) is 40.7 Å². The summed E-state index contributed by atoms with van der Waals surface area (Å²) in [7, 11) is 0. The molecule has 170 valence electrons.